The van der Waals surface area contributed by atoms with Gasteiger partial charge in [-0.25, -0.2) is 0 Å². The minimum Gasteiger partial charge on any atom is -0.497 e. The Bertz CT molecular complexity index is 714. The van der Waals surface area contributed by atoms with Gasteiger partial charge in [-0.1, -0.05) is 18.2 Å². The molecule has 2 rings (SSSR count). The number of ether oxygens (including phenoxy) is 1. The summed E-state index contributed by atoms with van der Waals surface area (Å²) < 4.78 is 5.12. The van der Waals surface area contributed by atoms with E-state index < -0.39 is 12.0 Å². The van der Waals surface area contributed by atoms with E-state index in [4.69, 9.17) is 4.74 Å². The van der Waals surface area contributed by atoms with Gasteiger partial charge in [0.1, 0.15) is 5.75 Å². The van der Waals surface area contributed by atoms with Gasteiger partial charge in [0, 0.05) is 12.2 Å². The standard InChI is InChI=1S/C19H24N2O3/c1-13-8-14(12-21(2)3)10-16(9-13)20-19(23)18(22)15-6-5-7-17(11-15)24-4/h5-11,18,22H,12H2,1-4H3,(H,20,23)/t18-/m1/s1. The van der Waals surface area contributed by atoms with Crippen LogP contribution in [0.15, 0.2) is 42.5 Å². The van der Waals surface area contributed by atoms with E-state index >= 15 is 0 Å². The molecule has 0 saturated heterocycles. The molecule has 1 amide bonds. The highest BCUT2D eigenvalue weighted by molar-refractivity contribution is 5.94. The summed E-state index contributed by atoms with van der Waals surface area (Å²) in [5, 5.41) is 13.1. The average molecular weight is 328 g/mol. The molecular weight excluding hydrogens is 304 g/mol. The molecule has 0 aliphatic carbocycles. The van der Waals surface area contributed by atoms with E-state index in [0.29, 0.717) is 17.0 Å². The van der Waals surface area contributed by atoms with Crippen LogP contribution in [0.1, 0.15) is 22.8 Å². The second-order valence-electron chi connectivity index (χ2n) is 6.11. The first-order valence-corrected chi connectivity index (χ1v) is 7.77. The monoisotopic (exact) mass is 328 g/mol. The molecule has 0 fully saturated rings. The topological polar surface area (TPSA) is 61.8 Å². The predicted molar refractivity (Wildman–Crippen MR) is 95.2 cm³/mol. The zero-order valence-corrected chi connectivity index (χ0v) is 14.5. The molecule has 2 N–H and O–H groups in total. The van der Waals surface area contributed by atoms with Crippen molar-refractivity contribution in [3.63, 3.8) is 0 Å². The molecule has 0 radical (unpaired) electrons. The Morgan fingerprint density at radius 3 is 2.67 bits per heavy atom. The van der Waals surface area contributed by atoms with Gasteiger partial charge < -0.3 is 20.1 Å². The van der Waals surface area contributed by atoms with Crippen molar-refractivity contribution in [3.8, 4) is 5.75 Å². The number of hydrogen-bond acceptors (Lipinski definition) is 4. The summed E-state index contributed by atoms with van der Waals surface area (Å²) >= 11 is 0. The van der Waals surface area contributed by atoms with Crippen LogP contribution < -0.4 is 10.1 Å². The first-order valence-electron chi connectivity index (χ1n) is 7.77. The third-order valence-electron chi connectivity index (χ3n) is 3.56. The normalized spacial score (nSPS) is 12.1. The lowest BCUT2D eigenvalue weighted by molar-refractivity contribution is -0.124. The Morgan fingerprint density at radius 2 is 2.00 bits per heavy atom. The third kappa shape index (κ3) is 4.81. The number of nitrogens with zero attached hydrogens (tertiary/aromatic N) is 1. The summed E-state index contributed by atoms with van der Waals surface area (Å²) in [5.74, 6) is 0.132. The summed E-state index contributed by atoms with van der Waals surface area (Å²) in [6.07, 6.45) is -1.25. The molecule has 0 aromatic heterocycles. The molecule has 0 heterocycles. The molecule has 2 aromatic rings. The number of anilines is 1. The van der Waals surface area contributed by atoms with Crippen molar-refractivity contribution in [2.45, 2.75) is 19.6 Å². The van der Waals surface area contributed by atoms with Crippen molar-refractivity contribution in [2.75, 3.05) is 26.5 Å². The molecule has 1 atom stereocenters. The maximum absolute atomic E-state index is 12.3. The smallest absolute Gasteiger partial charge is 0.257 e. The van der Waals surface area contributed by atoms with Crippen molar-refractivity contribution in [1.82, 2.24) is 4.90 Å². The predicted octanol–water partition coefficient (Wildman–Crippen LogP) is 2.74. The maximum atomic E-state index is 12.3. The van der Waals surface area contributed by atoms with Crippen molar-refractivity contribution in [3.05, 3.63) is 59.2 Å². The van der Waals surface area contributed by atoms with Crippen molar-refractivity contribution < 1.29 is 14.6 Å². The third-order valence-corrected chi connectivity index (χ3v) is 3.56. The highest BCUT2D eigenvalue weighted by Crippen LogP contribution is 2.22. The summed E-state index contributed by atoms with van der Waals surface area (Å²) in [5.41, 5.74) is 3.33. The van der Waals surface area contributed by atoms with Crippen LogP contribution in [0.3, 0.4) is 0 Å². The number of aryl methyl sites for hydroxylation is 1. The molecule has 0 aliphatic rings. The number of nitrogens with one attached hydrogen (secondary N) is 1. The van der Waals surface area contributed by atoms with Crippen LogP contribution >= 0.6 is 0 Å². The van der Waals surface area contributed by atoms with Crippen LogP contribution in [0.5, 0.6) is 5.75 Å². The van der Waals surface area contributed by atoms with Crippen LogP contribution in [0.4, 0.5) is 5.69 Å². The van der Waals surface area contributed by atoms with E-state index in [9.17, 15) is 9.90 Å². The summed E-state index contributed by atoms with van der Waals surface area (Å²) in [4.78, 5) is 14.4. The molecule has 24 heavy (non-hydrogen) atoms. The Kier molecular flexibility index (Phi) is 5.95. The molecule has 0 bridgehead atoms. The number of carbonyl (C=O) groups is 1. The lowest BCUT2D eigenvalue weighted by Crippen LogP contribution is -2.21. The van der Waals surface area contributed by atoms with Gasteiger partial charge in [-0.3, -0.25) is 4.79 Å². The quantitative estimate of drug-likeness (QED) is 0.856. The number of carbonyl (C=O) groups excluding carboxylic acids is 1. The Morgan fingerprint density at radius 1 is 1.25 bits per heavy atom. The fraction of sp³-hybridized carbons (Fsp3) is 0.316. The Balaban J connectivity index is 2.14. The molecule has 0 spiro atoms. The number of aliphatic hydroxyl groups is 1. The number of benzene rings is 2. The fourth-order valence-electron chi connectivity index (χ4n) is 2.56. The number of methoxy groups -OCH3 is 1. The Labute approximate surface area is 142 Å². The first kappa shape index (κ1) is 18.0. The Hall–Kier alpha value is -2.37. The second-order valence-corrected chi connectivity index (χ2v) is 6.11. The highest BCUT2D eigenvalue weighted by Gasteiger charge is 2.18. The summed E-state index contributed by atoms with van der Waals surface area (Å²) in [6, 6.07) is 12.7. The highest BCUT2D eigenvalue weighted by atomic mass is 16.5. The molecule has 0 saturated carbocycles. The number of rotatable bonds is 6. The summed E-state index contributed by atoms with van der Waals surface area (Å²) in [7, 11) is 5.53. The van der Waals surface area contributed by atoms with E-state index in [-0.39, 0.29) is 0 Å². The van der Waals surface area contributed by atoms with Crippen LogP contribution in [0.25, 0.3) is 0 Å². The molecule has 5 nitrogen and oxygen atoms in total. The van der Waals surface area contributed by atoms with Gasteiger partial charge in [0.25, 0.3) is 5.91 Å². The van der Waals surface area contributed by atoms with Crippen LogP contribution in [0, 0.1) is 6.92 Å². The van der Waals surface area contributed by atoms with Gasteiger partial charge in [-0.05, 0) is 62.0 Å². The van der Waals surface area contributed by atoms with E-state index in [1.54, 1.807) is 31.4 Å². The number of aliphatic hydroxyl groups excluding tert-OH is 1. The van der Waals surface area contributed by atoms with Gasteiger partial charge in [0.15, 0.2) is 6.10 Å². The van der Waals surface area contributed by atoms with E-state index in [1.807, 2.05) is 33.2 Å². The van der Waals surface area contributed by atoms with Crippen molar-refractivity contribution in [2.24, 2.45) is 0 Å². The first-order chi connectivity index (χ1) is 11.4. The van der Waals surface area contributed by atoms with Gasteiger partial charge in [0.05, 0.1) is 7.11 Å². The molecule has 0 unspecified atom stereocenters. The van der Waals surface area contributed by atoms with Crippen molar-refractivity contribution in [1.29, 1.82) is 0 Å². The number of hydrogen-bond donors (Lipinski definition) is 2. The SMILES string of the molecule is COc1cccc([C@@H](O)C(=O)Nc2cc(C)cc(CN(C)C)c2)c1. The van der Waals surface area contributed by atoms with Crippen molar-refractivity contribution >= 4 is 11.6 Å². The largest absolute Gasteiger partial charge is 0.497 e. The minimum absolute atomic E-state index is 0.468. The number of amides is 1. The second kappa shape index (κ2) is 7.95. The van der Waals surface area contributed by atoms with Gasteiger partial charge in [-0.15, -0.1) is 0 Å². The van der Waals surface area contributed by atoms with Gasteiger partial charge >= 0.3 is 0 Å². The van der Waals surface area contributed by atoms with Crippen LogP contribution in [-0.4, -0.2) is 37.1 Å². The lowest BCUT2D eigenvalue weighted by atomic mass is 10.1. The molecule has 0 aliphatic heterocycles. The molecular formula is C19H24N2O3. The zero-order valence-electron chi connectivity index (χ0n) is 14.5. The average Bonchev–Trinajstić information content (AvgIpc) is 2.52. The molecule has 2 aromatic carbocycles. The molecule has 5 heteroatoms. The maximum Gasteiger partial charge on any atom is 0.257 e. The van der Waals surface area contributed by atoms with Crippen LogP contribution in [0.2, 0.25) is 0 Å². The van der Waals surface area contributed by atoms with Gasteiger partial charge in [0.2, 0.25) is 0 Å². The minimum atomic E-state index is -1.25. The lowest BCUT2D eigenvalue weighted by Gasteiger charge is -2.15. The zero-order chi connectivity index (χ0) is 17.7. The van der Waals surface area contributed by atoms with Crippen LogP contribution in [-0.2, 0) is 11.3 Å². The van der Waals surface area contributed by atoms with E-state index in [0.717, 1.165) is 17.7 Å². The fourth-order valence-corrected chi connectivity index (χ4v) is 2.56. The molecule has 128 valence electrons. The summed E-state index contributed by atoms with van der Waals surface area (Å²) in [6.45, 7) is 2.76. The van der Waals surface area contributed by atoms with E-state index in [1.165, 1.54) is 0 Å². The van der Waals surface area contributed by atoms with E-state index in [2.05, 4.69) is 16.3 Å². The van der Waals surface area contributed by atoms with Gasteiger partial charge in [-0.2, -0.15) is 0 Å².